The average molecular weight is 907 g/mol. The van der Waals surface area contributed by atoms with E-state index >= 15 is 0 Å². The number of nitrogens with zero attached hydrogens (tertiary/aromatic N) is 1. The van der Waals surface area contributed by atoms with E-state index in [4.69, 9.17) is 0 Å². The summed E-state index contributed by atoms with van der Waals surface area (Å²) in [4.78, 5) is 0. The first-order valence-corrected chi connectivity index (χ1v) is 25.2. The summed E-state index contributed by atoms with van der Waals surface area (Å²) in [5.41, 5.74) is 26.0. The van der Waals surface area contributed by atoms with Gasteiger partial charge in [-0.1, -0.05) is 165 Å². The molecule has 1 N–H and O–H groups in total. The summed E-state index contributed by atoms with van der Waals surface area (Å²) in [6, 6.07) is 79.3. The van der Waals surface area contributed by atoms with Crippen molar-refractivity contribution in [2.24, 2.45) is 5.92 Å². The maximum absolute atomic E-state index is 3.97. The quantitative estimate of drug-likeness (QED) is 0.182. The molecular formula is C69H50N2. The van der Waals surface area contributed by atoms with Crippen molar-refractivity contribution >= 4 is 61.2 Å². The van der Waals surface area contributed by atoms with Crippen LogP contribution < -0.4 is 5.32 Å². The summed E-state index contributed by atoms with van der Waals surface area (Å²) >= 11 is 0. The fourth-order valence-corrected chi connectivity index (χ4v) is 11.8. The van der Waals surface area contributed by atoms with Gasteiger partial charge in [-0.25, -0.2) is 0 Å². The fraction of sp³-hybridized carbons (Fsp3) is 0.0725. The summed E-state index contributed by atoms with van der Waals surface area (Å²) in [5, 5.41) is 8.94. The predicted molar refractivity (Wildman–Crippen MR) is 302 cm³/mol. The maximum Gasteiger partial charge on any atom is 0.0541 e. The van der Waals surface area contributed by atoms with Crippen molar-refractivity contribution in [1.82, 2.24) is 4.57 Å². The van der Waals surface area contributed by atoms with Gasteiger partial charge in [0, 0.05) is 39.0 Å². The summed E-state index contributed by atoms with van der Waals surface area (Å²) < 4.78 is 2.46. The standard InChI is InChI=1S/C69H50N2/c1-44-14-13-23-61-58-37-54(36-57(38-58)60-21-9-11-24-65(60)70-66-43-51-20-8-7-19-50(51)42-64(66)69(44)61)48-28-26-47(27-29-48)53-32-33-68-63(41-53)62-22-10-12-25-67(62)71(68)59-39-55(45-15-3-2-4-16-45)35-56(40-59)52-31-30-46-17-5-6-18-49(46)34-52/h2-6,8-13,15-18,20-44,70H,7,14,19H2,1H3. The van der Waals surface area contributed by atoms with Crippen LogP contribution in [0.1, 0.15) is 42.0 Å². The smallest absolute Gasteiger partial charge is 0.0541 e. The number of aryl methyl sites for hydroxylation is 1. The van der Waals surface area contributed by atoms with E-state index in [9.17, 15) is 0 Å². The molecule has 1 unspecified atom stereocenters. The molecule has 11 aromatic rings. The lowest BCUT2D eigenvalue weighted by atomic mass is 9.78. The molecule has 0 saturated heterocycles. The molecule has 1 aromatic heterocycles. The van der Waals surface area contributed by atoms with Crippen LogP contribution in [0.15, 0.2) is 231 Å². The number of allylic oxidation sites excluding steroid dienone is 5. The lowest BCUT2D eigenvalue weighted by Gasteiger charge is -2.29. The van der Waals surface area contributed by atoms with Gasteiger partial charge in [-0.05, 0) is 193 Å². The van der Waals surface area contributed by atoms with Gasteiger partial charge < -0.3 is 9.88 Å². The van der Waals surface area contributed by atoms with Crippen molar-refractivity contribution in [2.75, 3.05) is 5.32 Å². The van der Waals surface area contributed by atoms with E-state index in [1.165, 1.54) is 127 Å². The lowest BCUT2D eigenvalue weighted by molar-refractivity contribution is 0.761. The molecule has 2 nitrogen and oxygen atoms in total. The Morgan fingerprint density at radius 2 is 1.07 bits per heavy atom. The zero-order valence-corrected chi connectivity index (χ0v) is 39.7. The van der Waals surface area contributed by atoms with E-state index in [0.29, 0.717) is 5.92 Å². The SMILES string of the molecule is CC1CC=CC2=C1c1cc3c(cc1Nc1ccccc1-c1cc2cc(-c2ccc(-c4ccc5c(c4)c4ccccc4n5-c4cc(-c5ccccc5)cc(-c5ccc6ccccc6c5)c4)cc2)c1)C=CCC3. The summed E-state index contributed by atoms with van der Waals surface area (Å²) in [6.07, 6.45) is 12.6. The Kier molecular flexibility index (Phi) is 9.74. The first kappa shape index (κ1) is 41.3. The molecule has 14 rings (SSSR count). The van der Waals surface area contributed by atoms with Crippen molar-refractivity contribution < 1.29 is 0 Å². The van der Waals surface area contributed by atoms with E-state index in [1.54, 1.807) is 0 Å². The molecule has 3 aliphatic rings. The van der Waals surface area contributed by atoms with Crippen LogP contribution >= 0.6 is 0 Å². The van der Waals surface area contributed by atoms with Gasteiger partial charge in [-0.15, -0.1) is 0 Å². The molecule has 2 aliphatic carbocycles. The van der Waals surface area contributed by atoms with Crippen LogP contribution in [-0.2, 0) is 6.42 Å². The van der Waals surface area contributed by atoms with Gasteiger partial charge >= 0.3 is 0 Å². The van der Waals surface area contributed by atoms with E-state index in [1.807, 2.05) is 0 Å². The number of rotatable bonds is 5. The summed E-state index contributed by atoms with van der Waals surface area (Å²) in [6.45, 7) is 2.40. The van der Waals surface area contributed by atoms with Crippen LogP contribution in [0, 0.1) is 5.92 Å². The number of aromatic nitrogens is 1. The normalized spacial score (nSPS) is 14.7. The number of anilines is 2. The Morgan fingerprint density at radius 3 is 1.96 bits per heavy atom. The summed E-state index contributed by atoms with van der Waals surface area (Å²) in [5.74, 6) is 0.382. The highest BCUT2D eigenvalue weighted by Gasteiger charge is 2.26. The first-order chi connectivity index (χ1) is 35.1. The van der Waals surface area contributed by atoms with Gasteiger partial charge in [0.2, 0.25) is 0 Å². The zero-order valence-electron chi connectivity index (χ0n) is 39.7. The van der Waals surface area contributed by atoms with Crippen molar-refractivity contribution in [2.45, 2.75) is 26.2 Å². The molecule has 0 fully saturated rings. The highest BCUT2D eigenvalue weighted by Crippen LogP contribution is 2.47. The van der Waals surface area contributed by atoms with Crippen molar-refractivity contribution in [1.29, 1.82) is 0 Å². The van der Waals surface area contributed by atoms with Crippen molar-refractivity contribution in [3.63, 3.8) is 0 Å². The monoisotopic (exact) mass is 906 g/mol. The molecule has 2 bridgehead atoms. The predicted octanol–water partition coefficient (Wildman–Crippen LogP) is 18.8. The zero-order chi connectivity index (χ0) is 47.0. The molecule has 336 valence electrons. The number of hydrogen-bond donors (Lipinski definition) is 1. The Balaban J connectivity index is 0.875. The summed E-state index contributed by atoms with van der Waals surface area (Å²) in [7, 11) is 0. The minimum atomic E-state index is 0.382. The molecule has 1 aliphatic heterocycles. The molecule has 0 spiro atoms. The third kappa shape index (κ3) is 7.17. The van der Waals surface area contributed by atoms with Crippen LogP contribution in [0.5, 0.6) is 0 Å². The number of benzene rings is 10. The minimum Gasteiger partial charge on any atom is -0.355 e. The topological polar surface area (TPSA) is 17.0 Å². The van der Waals surface area contributed by atoms with Crippen LogP contribution in [0.2, 0.25) is 0 Å². The largest absolute Gasteiger partial charge is 0.355 e. The fourth-order valence-electron chi connectivity index (χ4n) is 11.8. The molecule has 10 aromatic carbocycles. The number of fused-ring (bicyclic) bond motifs is 12. The van der Waals surface area contributed by atoms with Crippen LogP contribution in [-0.4, -0.2) is 4.57 Å². The second-order valence-corrected chi connectivity index (χ2v) is 19.7. The van der Waals surface area contributed by atoms with Crippen molar-refractivity contribution in [3.8, 4) is 61.3 Å². The van der Waals surface area contributed by atoms with Crippen LogP contribution in [0.25, 0.3) is 111 Å². The van der Waals surface area contributed by atoms with Crippen LogP contribution in [0.3, 0.4) is 0 Å². The minimum absolute atomic E-state index is 0.382. The van der Waals surface area contributed by atoms with Gasteiger partial charge in [0.15, 0.2) is 0 Å². The Hall–Kier alpha value is -8.72. The van der Waals surface area contributed by atoms with Gasteiger partial charge in [-0.2, -0.15) is 0 Å². The third-order valence-corrected chi connectivity index (χ3v) is 15.3. The molecular weight excluding hydrogens is 857 g/mol. The number of para-hydroxylation sites is 2. The molecule has 2 heteroatoms. The van der Waals surface area contributed by atoms with Gasteiger partial charge in [0.05, 0.1) is 11.0 Å². The van der Waals surface area contributed by atoms with Crippen molar-refractivity contribution in [3.05, 3.63) is 253 Å². The van der Waals surface area contributed by atoms with E-state index in [2.05, 4.69) is 253 Å². The number of hydrogen-bond acceptors (Lipinski definition) is 1. The molecule has 0 amide bonds. The van der Waals surface area contributed by atoms with E-state index in [-0.39, 0.29) is 0 Å². The first-order valence-electron chi connectivity index (χ1n) is 25.2. The highest BCUT2D eigenvalue weighted by molar-refractivity contribution is 6.11. The number of nitrogens with one attached hydrogen (secondary N) is 1. The second-order valence-electron chi connectivity index (χ2n) is 19.7. The van der Waals surface area contributed by atoms with Crippen LogP contribution in [0.4, 0.5) is 11.4 Å². The third-order valence-electron chi connectivity index (χ3n) is 15.3. The van der Waals surface area contributed by atoms with Gasteiger partial charge in [0.25, 0.3) is 0 Å². The molecule has 1 atom stereocenters. The second kappa shape index (κ2) is 16.8. The molecule has 2 heterocycles. The highest BCUT2D eigenvalue weighted by atomic mass is 15.0. The molecule has 0 saturated carbocycles. The average Bonchev–Trinajstić information content (AvgIpc) is 3.76. The Morgan fingerprint density at radius 1 is 0.423 bits per heavy atom. The maximum atomic E-state index is 3.97. The Bertz CT molecular complexity index is 4050. The molecule has 71 heavy (non-hydrogen) atoms. The van der Waals surface area contributed by atoms with E-state index < -0.39 is 0 Å². The van der Waals surface area contributed by atoms with Gasteiger partial charge in [-0.3, -0.25) is 0 Å². The lowest BCUT2D eigenvalue weighted by Crippen LogP contribution is -2.10. The molecule has 0 radical (unpaired) electrons. The van der Waals surface area contributed by atoms with Gasteiger partial charge in [0.1, 0.15) is 0 Å². The van der Waals surface area contributed by atoms with E-state index in [0.717, 1.165) is 30.6 Å². The Labute approximate surface area is 415 Å².